The topological polar surface area (TPSA) is 61.3 Å². The summed E-state index contributed by atoms with van der Waals surface area (Å²) in [4.78, 5) is 10.6. The average molecular weight is 224 g/mol. The van der Waals surface area contributed by atoms with Crippen LogP contribution >= 0.6 is 0 Å². The van der Waals surface area contributed by atoms with Gasteiger partial charge in [-0.1, -0.05) is 6.92 Å². The van der Waals surface area contributed by atoms with E-state index >= 15 is 0 Å². The van der Waals surface area contributed by atoms with Crippen molar-refractivity contribution in [3.05, 3.63) is 12.3 Å². The minimum atomic E-state index is 0.139. The third kappa shape index (κ3) is 3.66. The molecule has 1 heterocycles. The van der Waals surface area contributed by atoms with E-state index in [2.05, 4.69) is 27.1 Å². The molecule has 2 N–H and O–H groups in total. The number of nitrogens with zero attached hydrogens (tertiary/aromatic N) is 3. The molecule has 0 unspecified atom stereocenters. The Morgan fingerprint density at radius 3 is 2.81 bits per heavy atom. The Kier molecular flexibility index (Phi) is 5.56. The molecule has 5 nitrogen and oxygen atoms in total. The van der Waals surface area contributed by atoms with Crippen molar-refractivity contribution in [3.63, 3.8) is 0 Å². The number of aliphatic hydroxyl groups excluding tert-OH is 1. The minimum Gasteiger partial charge on any atom is -0.395 e. The molecule has 0 fully saturated rings. The molecular weight excluding hydrogens is 204 g/mol. The van der Waals surface area contributed by atoms with Crippen molar-refractivity contribution in [2.45, 2.75) is 20.3 Å². The molecule has 0 saturated carbocycles. The van der Waals surface area contributed by atoms with Crippen LogP contribution in [0, 0.1) is 0 Å². The van der Waals surface area contributed by atoms with E-state index in [-0.39, 0.29) is 6.61 Å². The van der Waals surface area contributed by atoms with Crippen molar-refractivity contribution in [1.29, 1.82) is 0 Å². The zero-order chi connectivity index (χ0) is 11.8. The van der Waals surface area contributed by atoms with E-state index in [9.17, 15) is 0 Å². The van der Waals surface area contributed by atoms with Gasteiger partial charge < -0.3 is 15.3 Å². The predicted octanol–water partition coefficient (Wildman–Crippen LogP) is 1.12. The Hall–Kier alpha value is -1.36. The SMILES string of the molecule is CCCN(CCO)c1ccnc(NCC)n1. The molecule has 1 rings (SSSR count). The van der Waals surface area contributed by atoms with E-state index < -0.39 is 0 Å². The van der Waals surface area contributed by atoms with Gasteiger partial charge in [0.25, 0.3) is 0 Å². The third-order valence-corrected chi connectivity index (χ3v) is 2.16. The van der Waals surface area contributed by atoms with Crippen molar-refractivity contribution in [1.82, 2.24) is 9.97 Å². The molecule has 0 aliphatic heterocycles. The first-order valence-corrected chi connectivity index (χ1v) is 5.74. The molecule has 0 amide bonds. The van der Waals surface area contributed by atoms with Crippen LogP contribution in [0.5, 0.6) is 0 Å². The van der Waals surface area contributed by atoms with Crippen LogP contribution in [0.2, 0.25) is 0 Å². The minimum absolute atomic E-state index is 0.139. The Balaban J connectivity index is 2.77. The lowest BCUT2D eigenvalue weighted by atomic mass is 10.4. The van der Waals surface area contributed by atoms with Crippen molar-refractivity contribution in [3.8, 4) is 0 Å². The number of aliphatic hydroxyl groups is 1. The van der Waals surface area contributed by atoms with Crippen LogP contribution in [0.1, 0.15) is 20.3 Å². The molecule has 5 heteroatoms. The largest absolute Gasteiger partial charge is 0.395 e. The lowest BCUT2D eigenvalue weighted by Crippen LogP contribution is -2.28. The third-order valence-electron chi connectivity index (χ3n) is 2.16. The maximum absolute atomic E-state index is 9.00. The summed E-state index contributed by atoms with van der Waals surface area (Å²) in [6.45, 7) is 6.56. The second-order valence-corrected chi connectivity index (χ2v) is 3.48. The summed E-state index contributed by atoms with van der Waals surface area (Å²) < 4.78 is 0. The van der Waals surface area contributed by atoms with Crippen LogP contribution in [-0.2, 0) is 0 Å². The smallest absolute Gasteiger partial charge is 0.224 e. The summed E-state index contributed by atoms with van der Waals surface area (Å²) in [5.74, 6) is 1.50. The van der Waals surface area contributed by atoms with E-state index in [0.717, 1.165) is 25.3 Å². The summed E-state index contributed by atoms with van der Waals surface area (Å²) in [6, 6.07) is 1.87. The van der Waals surface area contributed by atoms with Crippen molar-refractivity contribution < 1.29 is 5.11 Å². The molecule has 0 spiro atoms. The highest BCUT2D eigenvalue weighted by atomic mass is 16.3. The highest BCUT2D eigenvalue weighted by Crippen LogP contribution is 2.12. The second kappa shape index (κ2) is 7.00. The lowest BCUT2D eigenvalue weighted by Gasteiger charge is -2.22. The molecule has 0 atom stereocenters. The number of hydrogen-bond acceptors (Lipinski definition) is 5. The number of aromatic nitrogens is 2. The summed E-state index contributed by atoms with van der Waals surface area (Å²) >= 11 is 0. The first-order valence-electron chi connectivity index (χ1n) is 5.74. The zero-order valence-electron chi connectivity index (χ0n) is 9.98. The number of hydrogen-bond donors (Lipinski definition) is 2. The van der Waals surface area contributed by atoms with E-state index in [0.29, 0.717) is 12.5 Å². The van der Waals surface area contributed by atoms with Crippen LogP contribution < -0.4 is 10.2 Å². The van der Waals surface area contributed by atoms with Gasteiger partial charge in [0.15, 0.2) is 0 Å². The van der Waals surface area contributed by atoms with Gasteiger partial charge in [0.2, 0.25) is 5.95 Å². The fourth-order valence-electron chi connectivity index (χ4n) is 1.50. The summed E-state index contributed by atoms with van der Waals surface area (Å²) in [6.07, 6.45) is 2.76. The standard InChI is InChI=1S/C11H20N4O/c1-3-7-15(8-9-16)10-5-6-13-11(14-10)12-4-2/h5-6,16H,3-4,7-9H2,1-2H3,(H,12,13,14). The molecule has 0 aliphatic carbocycles. The molecule has 90 valence electrons. The number of rotatable bonds is 7. The summed E-state index contributed by atoms with van der Waals surface area (Å²) in [5, 5.41) is 12.1. The zero-order valence-corrected chi connectivity index (χ0v) is 9.98. The van der Waals surface area contributed by atoms with E-state index in [1.165, 1.54) is 0 Å². The highest BCUT2D eigenvalue weighted by Gasteiger charge is 2.07. The molecule has 0 bridgehead atoms. The molecule has 16 heavy (non-hydrogen) atoms. The fraction of sp³-hybridized carbons (Fsp3) is 0.636. The monoisotopic (exact) mass is 224 g/mol. The Morgan fingerprint density at radius 2 is 2.19 bits per heavy atom. The van der Waals surface area contributed by atoms with Gasteiger partial charge in [0.05, 0.1) is 6.61 Å². The van der Waals surface area contributed by atoms with Gasteiger partial charge in [0, 0.05) is 25.8 Å². The molecular formula is C11H20N4O. The first kappa shape index (κ1) is 12.7. The number of anilines is 2. The Morgan fingerprint density at radius 1 is 1.38 bits per heavy atom. The molecule has 1 aromatic heterocycles. The van der Waals surface area contributed by atoms with Crippen molar-refractivity contribution in [2.24, 2.45) is 0 Å². The van der Waals surface area contributed by atoms with Crippen LogP contribution in [0.3, 0.4) is 0 Å². The van der Waals surface area contributed by atoms with E-state index in [1.54, 1.807) is 6.20 Å². The molecule has 0 aliphatic rings. The van der Waals surface area contributed by atoms with Gasteiger partial charge in [-0.05, 0) is 19.4 Å². The van der Waals surface area contributed by atoms with E-state index in [1.807, 2.05) is 13.0 Å². The highest BCUT2D eigenvalue weighted by molar-refractivity contribution is 5.42. The van der Waals surface area contributed by atoms with Crippen molar-refractivity contribution >= 4 is 11.8 Å². The van der Waals surface area contributed by atoms with Gasteiger partial charge in [-0.3, -0.25) is 0 Å². The average Bonchev–Trinajstić information content (AvgIpc) is 2.30. The maximum atomic E-state index is 9.00. The quantitative estimate of drug-likeness (QED) is 0.726. The number of nitrogens with one attached hydrogen (secondary N) is 1. The maximum Gasteiger partial charge on any atom is 0.224 e. The molecule has 1 aromatic rings. The predicted molar refractivity (Wildman–Crippen MR) is 65.8 cm³/mol. The van der Waals surface area contributed by atoms with Crippen LogP contribution in [0.4, 0.5) is 11.8 Å². The molecule has 0 aromatic carbocycles. The Bertz CT molecular complexity index is 300. The van der Waals surface area contributed by atoms with Crippen molar-refractivity contribution in [2.75, 3.05) is 36.5 Å². The summed E-state index contributed by atoms with van der Waals surface area (Å²) in [7, 11) is 0. The van der Waals surface area contributed by atoms with Crippen LogP contribution in [0.15, 0.2) is 12.3 Å². The van der Waals surface area contributed by atoms with Crippen LogP contribution in [-0.4, -0.2) is 41.3 Å². The Labute approximate surface area is 96.5 Å². The van der Waals surface area contributed by atoms with Gasteiger partial charge in [-0.15, -0.1) is 0 Å². The van der Waals surface area contributed by atoms with Gasteiger partial charge in [-0.25, -0.2) is 4.98 Å². The molecule has 0 saturated heterocycles. The van der Waals surface area contributed by atoms with E-state index in [4.69, 9.17) is 5.11 Å². The second-order valence-electron chi connectivity index (χ2n) is 3.48. The van der Waals surface area contributed by atoms with Gasteiger partial charge in [-0.2, -0.15) is 4.98 Å². The summed E-state index contributed by atoms with van der Waals surface area (Å²) in [5.41, 5.74) is 0. The molecule has 0 radical (unpaired) electrons. The van der Waals surface area contributed by atoms with Gasteiger partial charge in [0.1, 0.15) is 5.82 Å². The van der Waals surface area contributed by atoms with Crippen LogP contribution in [0.25, 0.3) is 0 Å². The van der Waals surface area contributed by atoms with Gasteiger partial charge >= 0.3 is 0 Å². The first-order chi connectivity index (χ1) is 7.81. The fourth-order valence-corrected chi connectivity index (χ4v) is 1.50. The lowest BCUT2D eigenvalue weighted by molar-refractivity contribution is 0.301. The normalized spacial score (nSPS) is 10.2.